The van der Waals surface area contributed by atoms with Crippen LogP contribution in [0.5, 0.6) is 0 Å². The minimum absolute atomic E-state index is 0.154. The third-order valence-electron chi connectivity index (χ3n) is 5.14. The predicted molar refractivity (Wildman–Crippen MR) is 109 cm³/mol. The van der Waals surface area contributed by atoms with Gasteiger partial charge in [-0.25, -0.2) is 8.42 Å². The zero-order chi connectivity index (χ0) is 21.2. The Bertz CT molecular complexity index is 956. The molecule has 10 heteroatoms. The van der Waals surface area contributed by atoms with E-state index in [1.807, 2.05) is 0 Å². The van der Waals surface area contributed by atoms with Crippen molar-refractivity contribution in [3.05, 3.63) is 24.3 Å². The molecular weight excluding hydrogens is 414 g/mol. The van der Waals surface area contributed by atoms with Crippen LogP contribution in [0.15, 0.2) is 38.8 Å². The summed E-state index contributed by atoms with van der Waals surface area (Å²) in [5.41, 5.74) is 0.758. The van der Waals surface area contributed by atoms with Gasteiger partial charge >= 0.3 is 5.97 Å². The number of aliphatic carboxylic acids is 1. The summed E-state index contributed by atoms with van der Waals surface area (Å²) in [5, 5.41) is 16.5. The van der Waals surface area contributed by atoms with Crippen LogP contribution in [-0.2, 0) is 14.8 Å². The van der Waals surface area contributed by atoms with Crippen LogP contribution >= 0.6 is 11.8 Å². The van der Waals surface area contributed by atoms with Gasteiger partial charge in [-0.1, -0.05) is 32.5 Å². The first kappa shape index (κ1) is 21.8. The van der Waals surface area contributed by atoms with Crippen molar-refractivity contribution in [1.82, 2.24) is 14.5 Å². The fourth-order valence-corrected chi connectivity index (χ4v) is 5.34. The number of aromatic nitrogens is 2. The first-order chi connectivity index (χ1) is 13.6. The van der Waals surface area contributed by atoms with E-state index in [1.54, 1.807) is 16.4 Å². The van der Waals surface area contributed by atoms with Crippen LogP contribution in [0.2, 0.25) is 0 Å². The summed E-state index contributed by atoms with van der Waals surface area (Å²) in [7, 11) is -3.55. The molecule has 1 aliphatic heterocycles. The normalized spacial score (nSPS) is 16.8. The van der Waals surface area contributed by atoms with E-state index in [9.17, 15) is 13.2 Å². The highest BCUT2D eigenvalue weighted by atomic mass is 32.2. The molecule has 2 heterocycles. The monoisotopic (exact) mass is 439 g/mol. The molecule has 0 spiro atoms. The molecule has 1 N–H and O–H groups in total. The third-order valence-corrected chi connectivity index (χ3v) is 7.86. The molecule has 0 amide bonds. The molecule has 2 aromatic rings. The van der Waals surface area contributed by atoms with Gasteiger partial charge in [0.25, 0.3) is 5.22 Å². The van der Waals surface area contributed by atoms with Crippen LogP contribution in [-0.4, -0.2) is 52.8 Å². The highest BCUT2D eigenvalue weighted by molar-refractivity contribution is 7.99. The van der Waals surface area contributed by atoms with Crippen molar-refractivity contribution in [1.29, 1.82) is 0 Å². The first-order valence-electron chi connectivity index (χ1n) is 9.36. The van der Waals surface area contributed by atoms with E-state index in [1.165, 1.54) is 12.1 Å². The Morgan fingerprint density at radius 3 is 2.38 bits per heavy atom. The average Bonchev–Trinajstić information content (AvgIpc) is 3.15. The lowest BCUT2D eigenvalue weighted by Gasteiger charge is -2.38. The lowest BCUT2D eigenvalue weighted by Crippen LogP contribution is -2.41. The van der Waals surface area contributed by atoms with E-state index < -0.39 is 16.0 Å². The Morgan fingerprint density at radius 1 is 1.21 bits per heavy atom. The second kappa shape index (κ2) is 8.45. The maximum absolute atomic E-state index is 13.0. The molecule has 0 saturated carbocycles. The molecule has 29 heavy (non-hydrogen) atoms. The first-order valence-corrected chi connectivity index (χ1v) is 11.8. The standard InChI is InChI=1S/C19H25N3O5S2/c1-19(2,3)14-8-10-22(11-9-14)29(25,26)15-6-4-13(5-7-15)17-20-21-18(27-17)28-12-16(23)24/h4-7,14H,8-12H2,1-3H3,(H,23,24). The van der Waals surface area contributed by atoms with Crippen LogP contribution in [0.1, 0.15) is 33.6 Å². The number of carboxylic acids is 1. The number of carbonyl (C=O) groups is 1. The SMILES string of the molecule is CC(C)(C)C1CCN(S(=O)(=O)c2ccc(-c3nnc(SCC(=O)O)o3)cc2)CC1. The zero-order valence-electron chi connectivity index (χ0n) is 16.7. The smallest absolute Gasteiger partial charge is 0.314 e. The Morgan fingerprint density at radius 2 is 1.83 bits per heavy atom. The van der Waals surface area contributed by atoms with Gasteiger partial charge in [0.1, 0.15) is 5.75 Å². The second-order valence-corrected chi connectivity index (χ2v) is 11.0. The van der Waals surface area contributed by atoms with Crippen molar-refractivity contribution >= 4 is 27.8 Å². The highest BCUT2D eigenvalue weighted by Gasteiger charge is 2.33. The van der Waals surface area contributed by atoms with Gasteiger partial charge in [0, 0.05) is 18.7 Å². The number of carboxylic acid groups (broad SMARTS) is 1. The number of benzene rings is 1. The summed E-state index contributed by atoms with van der Waals surface area (Å²) in [4.78, 5) is 10.8. The van der Waals surface area contributed by atoms with E-state index >= 15 is 0 Å². The number of hydrogen-bond donors (Lipinski definition) is 1. The minimum atomic E-state index is -3.55. The lowest BCUT2D eigenvalue weighted by molar-refractivity contribution is -0.133. The molecule has 0 unspecified atom stereocenters. The van der Waals surface area contributed by atoms with Gasteiger partial charge in [0.15, 0.2) is 0 Å². The van der Waals surface area contributed by atoms with Crippen LogP contribution in [0.25, 0.3) is 11.5 Å². The fourth-order valence-electron chi connectivity index (χ4n) is 3.39. The molecule has 1 saturated heterocycles. The van der Waals surface area contributed by atoms with Gasteiger partial charge < -0.3 is 9.52 Å². The molecule has 0 aliphatic carbocycles. The van der Waals surface area contributed by atoms with Crippen molar-refractivity contribution in [3.8, 4) is 11.5 Å². The van der Waals surface area contributed by atoms with Crippen molar-refractivity contribution in [3.63, 3.8) is 0 Å². The fraction of sp³-hybridized carbons (Fsp3) is 0.526. The Hall–Kier alpha value is -1.91. The predicted octanol–water partition coefficient (Wildman–Crippen LogP) is 3.36. The van der Waals surface area contributed by atoms with Gasteiger partial charge in [-0.3, -0.25) is 4.79 Å². The number of rotatable bonds is 6. The summed E-state index contributed by atoms with van der Waals surface area (Å²) >= 11 is 0.930. The van der Waals surface area contributed by atoms with Crippen LogP contribution < -0.4 is 0 Å². The van der Waals surface area contributed by atoms with Gasteiger partial charge in [-0.15, -0.1) is 10.2 Å². The Kier molecular flexibility index (Phi) is 6.35. The summed E-state index contributed by atoms with van der Waals surface area (Å²) in [5.74, 6) is -0.421. The number of thioether (sulfide) groups is 1. The molecule has 0 radical (unpaired) electrons. The summed E-state index contributed by atoms with van der Waals surface area (Å²) in [6, 6.07) is 6.31. The highest BCUT2D eigenvalue weighted by Crippen LogP contribution is 2.36. The minimum Gasteiger partial charge on any atom is -0.481 e. The maximum atomic E-state index is 13.0. The maximum Gasteiger partial charge on any atom is 0.314 e. The van der Waals surface area contributed by atoms with Gasteiger partial charge in [0.2, 0.25) is 15.9 Å². The van der Waals surface area contributed by atoms with Gasteiger partial charge in [-0.05, 0) is 48.4 Å². The van der Waals surface area contributed by atoms with Crippen LogP contribution in [0.3, 0.4) is 0 Å². The average molecular weight is 440 g/mol. The topological polar surface area (TPSA) is 114 Å². The van der Waals surface area contributed by atoms with E-state index in [4.69, 9.17) is 9.52 Å². The van der Waals surface area contributed by atoms with Crippen molar-refractivity contribution in [2.24, 2.45) is 11.3 Å². The van der Waals surface area contributed by atoms with Crippen LogP contribution in [0, 0.1) is 11.3 Å². The molecule has 3 rings (SSSR count). The van der Waals surface area contributed by atoms with Crippen LogP contribution in [0.4, 0.5) is 0 Å². The molecule has 8 nitrogen and oxygen atoms in total. The van der Waals surface area contributed by atoms with Gasteiger partial charge in [-0.2, -0.15) is 4.31 Å². The third kappa shape index (κ3) is 5.18. The molecule has 1 aromatic heterocycles. The molecule has 1 aromatic carbocycles. The van der Waals surface area contributed by atoms with E-state index in [0.29, 0.717) is 24.6 Å². The quantitative estimate of drug-likeness (QED) is 0.682. The largest absolute Gasteiger partial charge is 0.481 e. The van der Waals surface area contributed by atoms with Crippen molar-refractivity contribution < 1.29 is 22.7 Å². The molecule has 1 fully saturated rings. The van der Waals surface area contributed by atoms with Gasteiger partial charge in [0.05, 0.1) is 4.90 Å². The van der Waals surface area contributed by atoms with E-state index in [0.717, 1.165) is 24.6 Å². The lowest BCUT2D eigenvalue weighted by atomic mass is 9.76. The summed E-state index contributed by atoms with van der Waals surface area (Å²) < 4.78 is 32.9. The zero-order valence-corrected chi connectivity index (χ0v) is 18.3. The molecular formula is C19H25N3O5S2. The molecule has 1 aliphatic rings. The second-order valence-electron chi connectivity index (χ2n) is 8.12. The Balaban J connectivity index is 1.69. The molecule has 0 bridgehead atoms. The number of piperidine rings is 1. The molecule has 158 valence electrons. The Labute approximate surface area is 174 Å². The number of nitrogens with zero attached hydrogens (tertiary/aromatic N) is 3. The summed E-state index contributed by atoms with van der Waals surface area (Å²) in [6.07, 6.45) is 1.72. The molecule has 0 atom stereocenters. The number of hydrogen-bond acceptors (Lipinski definition) is 7. The number of sulfonamides is 1. The van der Waals surface area contributed by atoms with Crippen molar-refractivity contribution in [2.45, 2.75) is 43.7 Å². The summed E-state index contributed by atoms with van der Waals surface area (Å²) in [6.45, 7) is 7.65. The van der Waals surface area contributed by atoms with E-state index in [-0.39, 0.29) is 27.2 Å². The van der Waals surface area contributed by atoms with Crippen molar-refractivity contribution in [2.75, 3.05) is 18.8 Å². The van der Waals surface area contributed by atoms with E-state index in [2.05, 4.69) is 31.0 Å².